The van der Waals surface area contributed by atoms with Crippen LogP contribution in [0, 0.1) is 0 Å². The van der Waals surface area contributed by atoms with E-state index in [2.05, 4.69) is 42.7 Å². The van der Waals surface area contributed by atoms with E-state index in [1.807, 2.05) is 24.3 Å². The molecular weight excluding hydrogens is 288 g/mol. The summed E-state index contributed by atoms with van der Waals surface area (Å²) in [5, 5.41) is 8.48. The van der Waals surface area contributed by atoms with Gasteiger partial charge in [-0.05, 0) is 31.3 Å². The lowest BCUT2D eigenvalue weighted by atomic mass is 10.1. The maximum atomic E-state index is 11.8. The highest BCUT2D eigenvalue weighted by molar-refractivity contribution is 5.88. The lowest BCUT2D eigenvalue weighted by Gasteiger charge is -2.13. The zero-order valence-corrected chi connectivity index (χ0v) is 14.0. The number of ether oxygens (including phenoxy) is 1. The molecule has 0 aromatic heterocycles. The van der Waals surface area contributed by atoms with Gasteiger partial charge in [-0.1, -0.05) is 43.3 Å². The predicted molar refractivity (Wildman–Crippen MR) is 94.8 cm³/mol. The molecule has 2 aromatic carbocycles. The van der Waals surface area contributed by atoms with Gasteiger partial charge in [-0.15, -0.1) is 0 Å². The summed E-state index contributed by atoms with van der Waals surface area (Å²) < 4.78 is 5.84. The van der Waals surface area contributed by atoms with Gasteiger partial charge in [0, 0.05) is 24.4 Å². The van der Waals surface area contributed by atoms with Crippen LogP contribution in [0.25, 0.3) is 10.8 Å². The topological polar surface area (TPSA) is 50.4 Å². The van der Waals surface area contributed by atoms with Gasteiger partial charge >= 0.3 is 0 Å². The van der Waals surface area contributed by atoms with E-state index in [9.17, 15) is 4.79 Å². The molecule has 0 aliphatic rings. The van der Waals surface area contributed by atoms with Crippen LogP contribution in [0.5, 0.6) is 5.75 Å². The second-order valence-electron chi connectivity index (χ2n) is 5.69. The average Bonchev–Trinajstić information content (AvgIpc) is 2.57. The van der Waals surface area contributed by atoms with Crippen LogP contribution < -0.4 is 15.4 Å². The molecule has 0 bridgehead atoms. The first-order valence-electron chi connectivity index (χ1n) is 8.31. The van der Waals surface area contributed by atoms with Crippen LogP contribution in [0.1, 0.15) is 26.7 Å². The van der Waals surface area contributed by atoms with Crippen LogP contribution in [0.15, 0.2) is 42.5 Å². The minimum Gasteiger partial charge on any atom is -0.493 e. The van der Waals surface area contributed by atoms with Crippen LogP contribution >= 0.6 is 0 Å². The Kier molecular flexibility index (Phi) is 6.88. The van der Waals surface area contributed by atoms with E-state index in [1.54, 1.807) is 0 Å². The van der Waals surface area contributed by atoms with Crippen molar-refractivity contribution in [3.63, 3.8) is 0 Å². The van der Waals surface area contributed by atoms with Gasteiger partial charge in [0.05, 0.1) is 6.61 Å². The largest absolute Gasteiger partial charge is 0.493 e. The summed E-state index contributed by atoms with van der Waals surface area (Å²) in [5.41, 5.74) is 0. The summed E-state index contributed by atoms with van der Waals surface area (Å²) in [7, 11) is 0. The second kappa shape index (κ2) is 9.16. The quantitative estimate of drug-likeness (QED) is 0.699. The summed E-state index contributed by atoms with van der Waals surface area (Å²) in [6, 6.07) is 14.5. The molecular formula is C19H26N2O2. The summed E-state index contributed by atoms with van der Waals surface area (Å²) in [6.45, 7) is 6.24. The Morgan fingerprint density at radius 3 is 2.78 bits per heavy atom. The highest BCUT2D eigenvalue weighted by Gasteiger charge is 2.05. The first kappa shape index (κ1) is 17.3. The Bertz CT molecular complexity index is 622. The molecule has 2 aromatic rings. The zero-order valence-electron chi connectivity index (χ0n) is 14.0. The van der Waals surface area contributed by atoms with Crippen molar-refractivity contribution in [1.29, 1.82) is 0 Å². The van der Waals surface area contributed by atoms with Crippen LogP contribution in [-0.4, -0.2) is 31.6 Å². The molecule has 2 rings (SSSR count). The highest BCUT2D eigenvalue weighted by atomic mass is 16.5. The smallest absolute Gasteiger partial charge is 0.220 e. The number of carbonyl (C=O) groups excluding carboxylic acids is 1. The number of carbonyl (C=O) groups is 1. The summed E-state index contributed by atoms with van der Waals surface area (Å²) in [5.74, 6) is 0.959. The number of likely N-dealkylation sites (N-methyl/N-ethyl adjacent to an activating group) is 1. The van der Waals surface area contributed by atoms with Crippen molar-refractivity contribution < 1.29 is 9.53 Å². The van der Waals surface area contributed by atoms with Gasteiger partial charge in [0.2, 0.25) is 5.91 Å². The zero-order chi connectivity index (χ0) is 16.5. The molecule has 0 spiro atoms. The molecule has 0 saturated carbocycles. The van der Waals surface area contributed by atoms with Crippen molar-refractivity contribution in [2.75, 3.05) is 19.7 Å². The van der Waals surface area contributed by atoms with Gasteiger partial charge in [0.25, 0.3) is 0 Å². The number of rotatable bonds is 9. The van der Waals surface area contributed by atoms with E-state index < -0.39 is 0 Å². The fourth-order valence-electron chi connectivity index (χ4n) is 2.51. The Morgan fingerprint density at radius 2 is 1.96 bits per heavy atom. The van der Waals surface area contributed by atoms with Gasteiger partial charge in [-0.25, -0.2) is 0 Å². The molecule has 4 heteroatoms. The number of nitrogens with one attached hydrogen (secondary N) is 2. The fourth-order valence-corrected chi connectivity index (χ4v) is 2.51. The van der Waals surface area contributed by atoms with Gasteiger partial charge < -0.3 is 15.4 Å². The van der Waals surface area contributed by atoms with Crippen molar-refractivity contribution in [3.05, 3.63) is 42.5 Å². The van der Waals surface area contributed by atoms with E-state index in [0.717, 1.165) is 17.7 Å². The van der Waals surface area contributed by atoms with Crippen LogP contribution in [-0.2, 0) is 4.79 Å². The van der Waals surface area contributed by atoms with Gasteiger partial charge in [0.1, 0.15) is 5.75 Å². The molecule has 124 valence electrons. The van der Waals surface area contributed by atoms with Crippen molar-refractivity contribution in [3.8, 4) is 5.75 Å². The van der Waals surface area contributed by atoms with Crippen molar-refractivity contribution in [1.82, 2.24) is 10.6 Å². The third-order valence-electron chi connectivity index (χ3n) is 3.71. The maximum absolute atomic E-state index is 11.8. The lowest BCUT2D eigenvalue weighted by Crippen LogP contribution is -2.38. The number of fused-ring (bicyclic) bond motifs is 1. The second-order valence-corrected chi connectivity index (χ2v) is 5.69. The molecule has 0 fully saturated rings. The molecule has 1 atom stereocenters. The molecule has 4 nitrogen and oxygen atoms in total. The van der Waals surface area contributed by atoms with Crippen LogP contribution in [0.2, 0.25) is 0 Å². The third kappa shape index (κ3) is 5.57. The normalized spacial score (nSPS) is 12.1. The summed E-state index contributed by atoms with van der Waals surface area (Å²) >= 11 is 0. The third-order valence-corrected chi connectivity index (χ3v) is 3.71. The SMILES string of the molecule is CCN[C@H](C)CNC(=O)CCCOc1cccc2ccccc12. The molecule has 0 aliphatic carbocycles. The average molecular weight is 314 g/mol. The van der Waals surface area contributed by atoms with Crippen molar-refractivity contribution in [2.45, 2.75) is 32.7 Å². The maximum Gasteiger partial charge on any atom is 0.220 e. The minimum absolute atomic E-state index is 0.0799. The fraction of sp³-hybridized carbons (Fsp3) is 0.421. The molecule has 23 heavy (non-hydrogen) atoms. The van der Waals surface area contributed by atoms with E-state index in [1.165, 1.54) is 5.39 Å². The van der Waals surface area contributed by atoms with Crippen molar-refractivity contribution in [2.24, 2.45) is 0 Å². The number of hydrogen-bond acceptors (Lipinski definition) is 3. The molecule has 0 saturated heterocycles. The van der Waals surface area contributed by atoms with Gasteiger partial charge in [0.15, 0.2) is 0 Å². The first-order chi connectivity index (χ1) is 11.2. The van der Waals surface area contributed by atoms with Crippen LogP contribution in [0.3, 0.4) is 0 Å². The Balaban J connectivity index is 1.71. The minimum atomic E-state index is 0.0799. The Hall–Kier alpha value is -2.07. The number of benzene rings is 2. The monoisotopic (exact) mass is 314 g/mol. The Labute approximate surface area is 138 Å². The molecule has 0 radical (unpaired) electrons. The summed E-state index contributed by atoms with van der Waals surface area (Å²) in [6.07, 6.45) is 1.20. The highest BCUT2D eigenvalue weighted by Crippen LogP contribution is 2.25. The van der Waals surface area contributed by atoms with E-state index in [0.29, 0.717) is 32.0 Å². The number of hydrogen-bond donors (Lipinski definition) is 2. The number of amides is 1. The molecule has 2 N–H and O–H groups in total. The van der Waals surface area contributed by atoms with E-state index >= 15 is 0 Å². The summed E-state index contributed by atoms with van der Waals surface area (Å²) in [4.78, 5) is 11.8. The van der Waals surface area contributed by atoms with Crippen LogP contribution in [0.4, 0.5) is 0 Å². The first-order valence-corrected chi connectivity index (χ1v) is 8.31. The predicted octanol–water partition coefficient (Wildman–Crippen LogP) is 3.11. The van der Waals surface area contributed by atoms with E-state index in [-0.39, 0.29) is 5.91 Å². The van der Waals surface area contributed by atoms with Crippen molar-refractivity contribution >= 4 is 16.7 Å². The van der Waals surface area contributed by atoms with Gasteiger partial charge in [-0.2, -0.15) is 0 Å². The van der Waals surface area contributed by atoms with E-state index in [4.69, 9.17) is 4.74 Å². The molecule has 1 amide bonds. The van der Waals surface area contributed by atoms with Gasteiger partial charge in [-0.3, -0.25) is 4.79 Å². The lowest BCUT2D eigenvalue weighted by molar-refractivity contribution is -0.121. The molecule has 0 unspecified atom stereocenters. The molecule has 0 heterocycles. The molecule has 0 aliphatic heterocycles. The Morgan fingerprint density at radius 1 is 1.17 bits per heavy atom. The standard InChI is InChI=1S/C19H26N2O2/c1-3-20-15(2)14-21-19(22)12-7-13-23-18-11-6-9-16-8-4-5-10-17(16)18/h4-6,8-11,15,20H,3,7,12-14H2,1-2H3,(H,21,22)/t15-/m1/s1.